The molecule has 0 aliphatic carbocycles. The van der Waals surface area contributed by atoms with Crippen LogP contribution in [0.4, 0.5) is 22.0 Å². The van der Waals surface area contributed by atoms with Crippen LogP contribution in [0.1, 0.15) is 0 Å². The Hall–Kier alpha value is -3.63. The van der Waals surface area contributed by atoms with Crippen molar-refractivity contribution in [2.45, 2.75) is 4.90 Å². The summed E-state index contributed by atoms with van der Waals surface area (Å²) in [6.45, 7) is 0. The van der Waals surface area contributed by atoms with Gasteiger partial charge >= 0.3 is 41.6 Å². The van der Waals surface area contributed by atoms with E-state index in [1.165, 1.54) is 48.5 Å². The van der Waals surface area contributed by atoms with Crippen LogP contribution in [-0.4, -0.2) is 8.42 Å². The molecule has 14 heteroatoms. The van der Waals surface area contributed by atoms with Gasteiger partial charge in [-0.15, -0.1) is 0 Å². The molecular formula is C24H10F5IO7S+. The Morgan fingerprint density at radius 3 is 1.45 bits per heavy atom. The average molecular weight is 664 g/mol. The van der Waals surface area contributed by atoms with Crippen molar-refractivity contribution in [1.29, 1.82) is 0 Å². The Kier molecular flexibility index (Phi) is 6.56. The molecule has 7 nitrogen and oxygen atoms in total. The molecule has 0 spiro atoms. The summed E-state index contributed by atoms with van der Waals surface area (Å²) in [6.07, 6.45) is 0. The molecule has 0 unspecified atom stereocenters. The molecule has 0 bridgehead atoms. The maximum Gasteiger partial charge on any atom is 0.342 e. The molecule has 0 saturated heterocycles. The van der Waals surface area contributed by atoms with E-state index in [9.17, 15) is 40.0 Å². The van der Waals surface area contributed by atoms with Crippen LogP contribution in [0.5, 0.6) is 0 Å². The lowest BCUT2D eigenvalue weighted by atomic mass is 10.2. The van der Waals surface area contributed by atoms with Crippen LogP contribution in [0.2, 0.25) is 0 Å². The second kappa shape index (κ2) is 9.59. The van der Waals surface area contributed by atoms with Crippen LogP contribution in [0.15, 0.2) is 84.0 Å². The van der Waals surface area contributed by atoms with Crippen LogP contribution in [0.3, 0.4) is 0 Å². The number of benzene rings is 3. The van der Waals surface area contributed by atoms with Crippen molar-refractivity contribution in [1.82, 2.24) is 0 Å². The van der Waals surface area contributed by atoms with Gasteiger partial charge in [-0.05, 0) is 38.9 Å². The Morgan fingerprint density at radius 2 is 1.00 bits per heavy atom. The van der Waals surface area contributed by atoms with Crippen molar-refractivity contribution in [2.24, 2.45) is 0 Å². The number of hydrogen-bond donors (Lipinski definition) is 0. The molecule has 5 rings (SSSR count). The van der Waals surface area contributed by atoms with Gasteiger partial charge in [0.15, 0.2) is 35.3 Å². The van der Waals surface area contributed by atoms with Crippen LogP contribution < -0.4 is 31.5 Å². The third-order valence-electron chi connectivity index (χ3n) is 5.13. The molecule has 5 aromatic rings. The van der Waals surface area contributed by atoms with E-state index in [-0.39, 0.29) is 18.3 Å². The second-order valence-electron chi connectivity index (χ2n) is 7.54. The molecule has 0 amide bonds. The fourth-order valence-corrected chi connectivity index (χ4v) is 10.5. The second-order valence-corrected chi connectivity index (χ2v) is 14.0. The molecule has 0 N–H and O–H groups in total. The first kappa shape index (κ1) is 26.0. The zero-order chi connectivity index (χ0) is 27.4. The topological polar surface area (TPSA) is 104 Å². The van der Waals surface area contributed by atoms with E-state index in [1.54, 1.807) is 0 Å². The van der Waals surface area contributed by atoms with E-state index in [2.05, 4.69) is 0 Å². The standard InChI is InChI=1S/C24H10F5IO7S/c25-19-20(26)22(28)24(23(29)21(19)27)38(33,34)37-30(13-5-1-11-3-7-17(31)35-15(11)9-13)14-6-2-12-4-8-18(32)36-16(12)10-14/h1-10H/q+1. The highest BCUT2D eigenvalue weighted by Crippen LogP contribution is 2.27. The van der Waals surface area contributed by atoms with Crippen molar-refractivity contribution in [3.8, 4) is 0 Å². The van der Waals surface area contributed by atoms with E-state index in [0.29, 0.717) is 10.8 Å². The van der Waals surface area contributed by atoms with Crippen molar-refractivity contribution in [3.63, 3.8) is 0 Å². The normalized spacial score (nSPS) is 12.1. The predicted octanol–water partition coefficient (Wildman–Crippen LogP) is 1.58. The van der Waals surface area contributed by atoms with Crippen LogP contribution in [0.25, 0.3) is 21.9 Å². The largest absolute Gasteiger partial charge is 0.423 e. The molecule has 0 fully saturated rings. The Balaban J connectivity index is 1.72. The minimum Gasteiger partial charge on any atom is -0.423 e. The number of halogens is 6. The predicted molar refractivity (Wildman–Crippen MR) is 117 cm³/mol. The summed E-state index contributed by atoms with van der Waals surface area (Å²) in [5.74, 6) is -12.7. The summed E-state index contributed by atoms with van der Waals surface area (Å²) in [5.41, 5.74) is -1.42. The maximum absolute atomic E-state index is 14.4. The van der Waals surface area contributed by atoms with Gasteiger partial charge in [0, 0.05) is 35.0 Å². The number of hydrogen-bond acceptors (Lipinski definition) is 7. The molecule has 0 aliphatic rings. The highest BCUT2D eigenvalue weighted by molar-refractivity contribution is 7.86. The van der Waals surface area contributed by atoms with Gasteiger partial charge < -0.3 is 8.83 Å². The number of fused-ring (bicyclic) bond motifs is 2. The van der Waals surface area contributed by atoms with E-state index in [4.69, 9.17) is 11.3 Å². The van der Waals surface area contributed by atoms with E-state index in [0.717, 1.165) is 12.1 Å². The molecular weight excluding hydrogens is 654 g/mol. The minimum absolute atomic E-state index is 0.0156. The van der Waals surface area contributed by atoms with E-state index < -0.39 is 75.6 Å². The zero-order valence-electron chi connectivity index (χ0n) is 18.3. The molecule has 0 atom stereocenters. The fourth-order valence-electron chi connectivity index (χ4n) is 3.40. The molecule has 0 saturated carbocycles. The lowest BCUT2D eigenvalue weighted by Gasteiger charge is -2.10. The molecule has 0 aliphatic heterocycles. The van der Waals surface area contributed by atoms with Gasteiger partial charge in [-0.1, -0.05) is 0 Å². The summed E-state index contributed by atoms with van der Waals surface area (Å²) in [4.78, 5) is 21.2. The summed E-state index contributed by atoms with van der Waals surface area (Å²) in [5, 5.41) is 0.882. The maximum atomic E-state index is 14.4. The van der Waals surface area contributed by atoms with Gasteiger partial charge in [0.1, 0.15) is 11.2 Å². The SMILES string of the molecule is O=c1ccc2ccc([I+](OS(=O)(=O)c3c(F)c(F)c(F)c(F)c3F)c3ccc4ccc(=O)oc4c3)cc2o1. The Bertz CT molecular complexity index is 1870. The minimum atomic E-state index is -5.61. The lowest BCUT2D eigenvalue weighted by molar-refractivity contribution is -1.03. The monoisotopic (exact) mass is 664 g/mol. The summed E-state index contributed by atoms with van der Waals surface area (Å²) >= 11 is -3.90. The molecule has 1 radical (unpaired) electrons. The van der Waals surface area contributed by atoms with Crippen LogP contribution >= 0.6 is 0 Å². The number of rotatable bonds is 5. The van der Waals surface area contributed by atoms with Crippen LogP contribution in [-0.2, 0) is 12.6 Å². The quantitative estimate of drug-likeness (QED) is 0.0925. The van der Waals surface area contributed by atoms with Gasteiger partial charge in [-0.25, -0.2) is 31.5 Å². The highest BCUT2D eigenvalue weighted by Gasteiger charge is 2.43. The Morgan fingerprint density at radius 1 is 0.605 bits per heavy atom. The van der Waals surface area contributed by atoms with Crippen molar-refractivity contribution < 1.29 is 62.0 Å². The third kappa shape index (κ3) is 4.58. The van der Waals surface area contributed by atoms with Gasteiger partial charge in [-0.2, -0.15) is 8.42 Å². The van der Waals surface area contributed by atoms with Crippen molar-refractivity contribution in [2.75, 3.05) is 0 Å². The first-order valence-corrected chi connectivity index (χ1v) is 14.7. The van der Waals surface area contributed by atoms with Gasteiger partial charge in [0.05, 0.1) is 0 Å². The first-order valence-electron chi connectivity index (χ1n) is 10.2. The van der Waals surface area contributed by atoms with Crippen LogP contribution in [0, 0.1) is 36.2 Å². The smallest absolute Gasteiger partial charge is 0.342 e. The van der Waals surface area contributed by atoms with Gasteiger partial charge in [0.2, 0.25) is 5.82 Å². The fraction of sp³-hybridized carbons (Fsp3) is 0. The molecule has 2 heterocycles. The third-order valence-corrected chi connectivity index (χ3v) is 12.4. The van der Waals surface area contributed by atoms with Gasteiger partial charge in [0.25, 0.3) is 0 Å². The van der Waals surface area contributed by atoms with Crippen molar-refractivity contribution in [3.05, 3.63) is 118 Å². The van der Waals surface area contributed by atoms with E-state index >= 15 is 0 Å². The van der Waals surface area contributed by atoms with Crippen molar-refractivity contribution >= 4 is 32.1 Å². The van der Waals surface area contributed by atoms with E-state index in [1.807, 2.05) is 0 Å². The zero-order valence-corrected chi connectivity index (χ0v) is 21.3. The van der Waals surface area contributed by atoms with Gasteiger partial charge in [-0.3, -0.25) is 0 Å². The summed E-state index contributed by atoms with van der Waals surface area (Å²) in [6, 6.07) is 13.4. The Labute approximate surface area is 216 Å². The summed E-state index contributed by atoms with van der Waals surface area (Å²) < 4.78 is 112. The average Bonchev–Trinajstić information content (AvgIpc) is 2.88. The molecule has 195 valence electrons. The first-order chi connectivity index (χ1) is 18.0. The lowest BCUT2D eigenvalue weighted by Crippen LogP contribution is -3.85. The molecule has 2 aromatic heterocycles. The summed E-state index contributed by atoms with van der Waals surface area (Å²) in [7, 11) is -5.61. The highest BCUT2D eigenvalue weighted by atomic mass is 127. The molecule has 3 aromatic carbocycles. The molecule has 38 heavy (non-hydrogen) atoms.